The maximum atomic E-state index is 2.59. The van der Waals surface area contributed by atoms with Gasteiger partial charge in [0.2, 0.25) is 0 Å². The van der Waals surface area contributed by atoms with Gasteiger partial charge in [0.15, 0.2) is 0 Å². The Morgan fingerprint density at radius 1 is 0.620 bits per heavy atom. The van der Waals surface area contributed by atoms with E-state index in [1.165, 1.54) is 104 Å². The van der Waals surface area contributed by atoms with Gasteiger partial charge < -0.3 is 24.8 Å². The van der Waals surface area contributed by atoms with E-state index in [4.69, 9.17) is 0 Å². The van der Waals surface area contributed by atoms with Crippen molar-refractivity contribution in [3.8, 4) is 0 Å². The number of benzene rings is 4. The molecule has 2 aliphatic carbocycles. The van der Waals surface area contributed by atoms with Crippen LogP contribution in [-0.4, -0.2) is 16.1 Å². The molecule has 5 heteroatoms. The smallest absolute Gasteiger partial charge is 1.00 e. The average Bonchev–Trinajstić information content (AvgIpc) is 3.63. The maximum Gasteiger partial charge on any atom is -1.00 e. The van der Waals surface area contributed by atoms with Crippen LogP contribution in [0.25, 0.3) is 14.4 Å². The number of rotatable bonds is 5. The molecule has 2 aliphatic rings. The SMILES string of the molecule is CC(C)(C)c1cc2c(c(C3=CC=CC3)c1=C(c1ccc([Si](C)(C)C)cc1)c1ccc([Si](C)(C)C)cc1)[C]([Zr+2])=c1c(C(C)(C)C)cccc1=2.[Cl-].[Cl-]. The monoisotopic (exact) mass is 809 g/mol. The Hall–Kier alpha value is -2.00. The predicted octanol–water partition coefficient (Wildman–Crippen LogP) is 3.27. The summed E-state index contributed by atoms with van der Waals surface area (Å²) in [6.45, 7) is 29.0. The van der Waals surface area contributed by atoms with Crippen LogP contribution >= 0.6 is 0 Å². The van der Waals surface area contributed by atoms with Crippen molar-refractivity contribution in [2.24, 2.45) is 0 Å². The largest absolute Gasteiger partial charge is 1.00 e. The minimum absolute atomic E-state index is 0. The summed E-state index contributed by atoms with van der Waals surface area (Å²) < 4.78 is 1.50. The molecule has 259 valence electrons. The zero-order valence-corrected chi connectivity index (χ0v) is 38.1. The second-order valence-corrected chi connectivity index (χ2v) is 29.4. The molecule has 0 nitrogen and oxygen atoms in total. The van der Waals surface area contributed by atoms with Crippen molar-refractivity contribution in [3.63, 3.8) is 0 Å². The second kappa shape index (κ2) is 14.4. The molecule has 4 aromatic rings. The molecule has 0 saturated carbocycles. The third kappa shape index (κ3) is 7.56. The molecule has 4 aromatic carbocycles. The van der Waals surface area contributed by atoms with Crippen LogP contribution in [0.4, 0.5) is 0 Å². The van der Waals surface area contributed by atoms with Crippen molar-refractivity contribution in [3.05, 3.63) is 145 Å². The molecule has 0 saturated heterocycles. The number of halogens is 2. The Balaban J connectivity index is 0.00000281. The van der Waals surface area contributed by atoms with Crippen LogP contribution in [0.2, 0.25) is 39.3 Å². The minimum Gasteiger partial charge on any atom is -1.00 e. The molecule has 0 spiro atoms. The van der Waals surface area contributed by atoms with Crippen LogP contribution < -0.4 is 45.6 Å². The van der Waals surface area contributed by atoms with E-state index >= 15 is 0 Å². The first-order valence-corrected chi connectivity index (χ1v) is 25.9. The van der Waals surface area contributed by atoms with E-state index < -0.39 is 16.1 Å². The number of hydrogen-bond acceptors (Lipinski definition) is 0. The molecule has 0 amide bonds. The van der Waals surface area contributed by atoms with Crippen molar-refractivity contribution in [1.29, 1.82) is 0 Å². The molecule has 0 heterocycles. The van der Waals surface area contributed by atoms with Crippen LogP contribution in [-0.2, 0) is 35.5 Å². The van der Waals surface area contributed by atoms with Gasteiger partial charge in [0.1, 0.15) is 0 Å². The molecule has 0 fully saturated rings. The summed E-state index contributed by atoms with van der Waals surface area (Å²) in [4.78, 5) is 0. The van der Waals surface area contributed by atoms with Gasteiger partial charge in [0, 0.05) is 0 Å². The fourth-order valence-electron chi connectivity index (χ4n) is 7.49. The third-order valence-corrected chi connectivity index (χ3v) is 15.6. The van der Waals surface area contributed by atoms with Crippen LogP contribution in [0.1, 0.15) is 81.3 Å². The van der Waals surface area contributed by atoms with Gasteiger partial charge in [-0.05, 0) is 0 Å². The topological polar surface area (TPSA) is 0 Å². The Kier molecular flexibility index (Phi) is 11.8. The molecule has 0 atom stereocenters. The summed E-state index contributed by atoms with van der Waals surface area (Å²) in [6, 6.07) is 29.0. The number of allylic oxidation sites excluding steroid dienone is 4. The van der Waals surface area contributed by atoms with Crippen LogP contribution in [0.3, 0.4) is 0 Å². The molecular formula is C45H53Cl2Si2Zr. The van der Waals surface area contributed by atoms with Crippen molar-refractivity contribution in [2.75, 3.05) is 0 Å². The first kappa shape index (κ1) is 40.8. The molecule has 6 rings (SSSR count). The predicted molar refractivity (Wildman–Crippen MR) is 212 cm³/mol. The first-order chi connectivity index (χ1) is 22.3. The van der Waals surface area contributed by atoms with Crippen molar-refractivity contribution in [2.45, 2.75) is 98.1 Å². The molecule has 0 N–H and O–H groups in total. The summed E-state index contributed by atoms with van der Waals surface area (Å²) in [5.41, 5.74) is 11.2. The number of hydrogen-bond donors (Lipinski definition) is 0. The van der Waals surface area contributed by atoms with Gasteiger partial charge in [0.05, 0.1) is 0 Å². The fraction of sp³-hybridized carbons (Fsp3) is 0.333. The van der Waals surface area contributed by atoms with Crippen molar-refractivity contribution in [1.82, 2.24) is 0 Å². The summed E-state index contributed by atoms with van der Waals surface area (Å²) in [5, 5.41) is 8.74. The molecule has 0 aliphatic heterocycles. The van der Waals surface area contributed by atoms with E-state index in [-0.39, 0.29) is 35.6 Å². The molecule has 50 heavy (non-hydrogen) atoms. The summed E-state index contributed by atoms with van der Waals surface area (Å²) >= 11 is 1.48. The molecule has 0 radical (unpaired) electrons. The van der Waals surface area contributed by atoms with E-state index in [0.29, 0.717) is 0 Å². The molecular weight excluding hydrogens is 759 g/mol. The van der Waals surface area contributed by atoms with Crippen LogP contribution in [0.5, 0.6) is 0 Å². The fourth-order valence-corrected chi connectivity index (χ4v) is 11.1. The zero-order valence-electron chi connectivity index (χ0n) is 32.1. The Morgan fingerprint density at radius 2 is 1.12 bits per heavy atom. The Morgan fingerprint density at radius 3 is 1.54 bits per heavy atom. The van der Waals surface area contributed by atoms with Gasteiger partial charge in [-0.3, -0.25) is 0 Å². The van der Waals surface area contributed by atoms with E-state index in [1.807, 2.05) is 0 Å². The van der Waals surface area contributed by atoms with E-state index in [9.17, 15) is 0 Å². The molecule has 0 bridgehead atoms. The van der Waals surface area contributed by atoms with Gasteiger partial charge in [0.25, 0.3) is 0 Å². The van der Waals surface area contributed by atoms with Crippen LogP contribution in [0, 0.1) is 10.4 Å². The maximum absolute atomic E-state index is 2.59. The van der Waals surface area contributed by atoms with E-state index in [2.05, 4.69) is 172 Å². The van der Waals surface area contributed by atoms with Gasteiger partial charge >= 0.3 is 309 Å². The number of fused-ring (bicyclic) bond motifs is 2. The minimum atomic E-state index is -1.45. The standard InChI is InChI=1S/C45H53Si2.2ClH.Zr/c1-44(2,3)39-19-15-18-35-36-29-40(45(4,5)6)43(42(30-16-13-14-17-30)38(36)28-37(35)39)41(31-20-24-33(25-21-31)46(7,8)9)32-22-26-34(27-23-32)47(10,11)12;;;/h13-16,18-27,29H,17H2,1-12H3;2*1H;/q;;;+2/p-2. The Labute approximate surface area is 331 Å². The zero-order chi connectivity index (χ0) is 35.0. The summed E-state index contributed by atoms with van der Waals surface area (Å²) in [6.07, 6.45) is 7.97. The average molecular weight is 812 g/mol. The first-order valence-electron chi connectivity index (χ1n) is 17.7. The Bertz CT molecular complexity index is 2160. The third-order valence-electron chi connectivity index (χ3n) is 10.2. The summed E-state index contributed by atoms with van der Waals surface area (Å²) in [5.74, 6) is 0. The van der Waals surface area contributed by atoms with Crippen molar-refractivity contribution < 1.29 is 49.5 Å². The van der Waals surface area contributed by atoms with Gasteiger partial charge in [-0.1, -0.05) is 0 Å². The van der Waals surface area contributed by atoms with E-state index in [0.717, 1.165) is 6.42 Å². The normalized spacial score (nSPS) is 14.1. The molecule has 0 aromatic heterocycles. The quantitative estimate of drug-likeness (QED) is 0.272. The second-order valence-electron chi connectivity index (χ2n) is 18.1. The van der Waals surface area contributed by atoms with Gasteiger partial charge in [-0.2, -0.15) is 0 Å². The van der Waals surface area contributed by atoms with Crippen molar-refractivity contribution >= 4 is 40.9 Å². The van der Waals surface area contributed by atoms with E-state index in [1.54, 1.807) is 0 Å². The van der Waals surface area contributed by atoms with Gasteiger partial charge in [-0.15, -0.1) is 0 Å². The van der Waals surface area contributed by atoms with Gasteiger partial charge in [-0.25, -0.2) is 0 Å². The summed E-state index contributed by atoms with van der Waals surface area (Å²) in [7, 11) is -2.91. The van der Waals surface area contributed by atoms with Crippen LogP contribution in [0.15, 0.2) is 91.0 Å². The molecule has 0 unspecified atom stereocenters.